The van der Waals surface area contributed by atoms with Crippen molar-refractivity contribution in [1.29, 1.82) is 0 Å². The van der Waals surface area contributed by atoms with Crippen molar-refractivity contribution in [3.05, 3.63) is 0 Å². The van der Waals surface area contributed by atoms with Gasteiger partial charge in [0.25, 0.3) is 0 Å². The summed E-state index contributed by atoms with van der Waals surface area (Å²) < 4.78 is 5.63. The van der Waals surface area contributed by atoms with Crippen molar-refractivity contribution >= 4 is 5.91 Å². The summed E-state index contributed by atoms with van der Waals surface area (Å²) in [7, 11) is 0. The van der Waals surface area contributed by atoms with E-state index in [0.29, 0.717) is 6.42 Å². The van der Waals surface area contributed by atoms with Crippen molar-refractivity contribution in [3.8, 4) is 0 Å². The van der Waals surface area contributed by atoms with E-state index >= 15 is 0 Å². The molecule has 5 heteroatoms. The monoisotopic (exact) mass is 295 g/mol. The number of carbonyl (C=O) groups is 1. The van der Waals surface area contributed by atoms with Gasteiger partial charge in [0.1, 0.15) is 0 Å². The summed E-state index contributed by atoms with van der Waals surface area (Å²) in [5, 5.41) is 3.29. The number of carbonyl (C=O) groups excluding carboxylic acids is 1. The number of nitrogens with zero attached hydrogens (tertiary/aromatic N) is 2. The Kier molecular flexibility index (Phi) is 5.49. The first-order chi connectivity index (χ1) is 10.3. The predicted octanol–water partition coefficient (Wildman–Crippen LogP) is 0.699. The smallest absolute Gasteiger partial charge is 0.225 e. The van der Waals surface area contributed by atoms with Crippen LogP contribution in [0.2, 0.25) is 0 Å². The molecule has 3 heterocycles. The summed E-state index contributed by atoms with van der Waals surface area (Å²) in [6.45, 7) is 8.16. The van der Waals surface area contributed by atoms with Crippen LogP contribution in [0.25, 0.3) is 0 Å². The number of morpholine rings is 1. The largest absolute Gasteiger partial charge is 0.375 e. The Labute approximate surface area is 128 Å². The molecule has 1 amide bonds. The zero-order valence-electron chi connectivity index (χ0n) is 13.1. The van der Waals surface area contributed by atoms with E-state index in [0.717, 1.165) is 38.7 Å². The van der Waals surface area contributed by atoms with Crippen LogP contribution in [0.15, 0.2) is 0 Å². The quantitative estimate of drug-likeness (QED) is 0.829. The van der Waals surface area contributed by atoms with Crippen LogP contribution in [0, 0.1) is 5.92 Å². The first kappa shape index (κ1) is 15.3. The Balaban J connectivity index is 1.37. The minimum atomic E-state index is 0.0774. The van der Waals surface area contributed by atoms with Crippen LogP contribution in [0.4, 0.5) is 0 Å². The average molecular weight is 295 g/mol. The van der Waals surface area contributed by atoms with Crippen LogP contribution in [-0.2, 0) is 9.53 Å². The number of piperidine rings is 1. The number of rotatable bonds is 4. The van der Waals surface area contributed by atoms with E-state index in [9.17, 15) is 4.79 Å². The van der Waals surface area contributed by atoms with Crippen molar-refractivity contribution in [2.75, 3.05) is 52.4 Å². The Morgan fingerprint density at radius 1 is 1.14 bits per heavy atom. The van der Waals surface area contributed by atoms with E-state index in [1.807, 2.05) is 0 Å². The second-order valence-corrected chi connectivity index (χ2v) is 6.73. The third kappa shape index (κ3) is 4.41. The normalized spacial score (nSPS) is 29.0. The van der Waals surface area contributed by atoms with Gasteiger partial charge in [-0.3, -0.25) is 4.79 Å². The summed E-state index contributed by atoms with van der Waals surface area (Å²) in [4.78, 5) is 17.0. The SMILES string of the molecule is O=C(CC1CNCCO1)N1CCC(CN2CCCC2)CC1. The van der Waals surface area contributed by atoms with Gasteiger partial charge < -0.3 is 19.9 Å². The van der Waals surface area contributed by atoms with Crippen LogP contribution in [0.1, 0.15) is 32.1 Å². The van der Waals surface area contributed by atoms with Gasteiger partial charge in [0.2, 0.25) is 5.91 Å². The highest BCUT2D eigenvalue weighted by atomic mass is 16.5. The standard InChI is InChI=1S/C16H29N3O2/c20-16(11-15-12-17-5-10-21-15)19-8-3-14(4-9-19)13-18-6-1-2-7-18/h14-15,17H,1-13H2. The number of hydrogen-bond acceptors (Lipinski definition) is 4. The number of ether oxygens (including phenoxy) is 1. The molecule has 0 radical (unpaired) electrons. The molecule has 0 saturated carbocycles. The number of likely N-dealkylation sites (tertiary alicyclic amines) is 2. The van der Waals surface area contributed by atoms with Gasteiger partial charge in [0.15, 0.2) is 0 Å². The van der Waals surface area contributed by atoms with Crippen LogP contribution >= 0.6 is 0 Å². The average Bonchev–Trinajstić information content (AvgIpc) is 3.02. The molecule has 0 aliphatic carbocycles. The maximum Gasteiger partial charge on any atom is 0.225 e. The summed E-state index contributed by atoms with van der Waals surface area (Å²) in [5.41, 5.74) is 0. The fourth-order valence-corrected chi connectivity index (χ4v) is 3.77. The van der Waals surface area contributed by atoms with Crippen LogP contribution in [-0.4, -0.2) is 74.2 Å². The highest BCUT2D eigenvalue weighted by Gasteiger charge is 2.27. The molecule has 0 spiro atoms. The van der Waals surface area contributed by atoms with Gasteiger partial charge in [-0.25, -0.2) is 0 Å². The van der Waals surface area contributed by atoms with Gasteiger partial charge in [0.05, 0.1) is 19.1 Å². The third-order valence-corrected chi connectivity index (χ3v) is 5.09. The van der Waals surface area contributed by atoms with Gasteiger partial charge in [0, 0.05) is 32.7 Å². The zero-order valence-corrected chi connectivity index (χ0v) is 13.1. The van der Waals surface area contributed by atoms with E-state index in [4.69, 9.17) is 4.74 Å². The fourth-order valence-electron chi connectivity index (χ4n) is 3.77. The van der Waals surface area contributed by atoms with Crippen LogP contribution in [0.3, 0.4) is 0 Å². The lowest BCUT2D eigenvalue weighted by atomic mass is 9.96. The molecule has 3 rings (SSSR count). The summed E-state index contributed by atoms with van der Waals surface area (Å²) in [6, 6.07) is 0. The molecule has 1 N–H and O–H groups in total. The Morgan fingerprint density at radius 3 is 2.57 bits per heavy atom. The highest BCUT2D eigenvalue weighted by molar-refractivity contribution is 5.76. The third-order valence-electron chi connectivity index (χ3n) is 5.09. The van der Waals surface area contributed by atoms with Crippen molar-refractivity contribution in [2.24, 2.45) is 5.92 Å². The number of hydrogen-bond donors (Lipinski definition) is 1. The maximum absolute atomic E-state index is 12.3. The van der Waals surface area contributed by atoms with Crippen molar-refractivity contribution in [2.45, 2.75) is 38.2 Å². The lowest BCUT2D eigenvalue weighted by Crippen LogP contribution is -2.45. The van der Waals surface area contributed by atoms with Gasteiger partial charge in [-0.2, -0.15) is 0 Å². The van der Waals surface area contributed by atoms with Crippen LogP contribution < -0.4 is 5.32 Å². The van der Waals surface area contributed by atoms with Gasteiger partial charge in [-0.1, -0.05) is 0 Å². The number of amides is 1. The topological polar surface area (TPSA) is 44.8 Å². The first-order valence-corrected chi connectivity index (χ1v) is 8.64. The van der Waals surface area contributed by atoms with Gasteiger partial charge >= 0.3 is 0 Å². The number of nitrogens with one attached hydrogen (secondary N) is 1. The molecule has 3 aliphatic rings. The van der Waals surface area contributed by atoms with Crippen molar-refractivity contribution in [1.82, 2.24) is 15.1 Å². The molecule has 1 atom stereocenters. The minimum Gasteiger partial charge on any atom is -0.375 e. The molecule has 5 nitrogen and oxygen atoms in total. The second kappa shape index (κ2) is 7.56. The van der Waals surface area contributed by atoms with E-state index in [2.05, 4.69) is 15.1 Å². The fraction of sp³-hybridized carbons (Fsp3) is 0.938. The Hall–Kier alpha value is -0.650. The lowest BCUT2D eigenvalue weighted by molar-refractivity contribution is -0.136. The summed E-state index contributed by atoms with van der Waals surface area (Å²) >= 11 is 0. The molecule has 3 aliphatic heterocycles. The van der Waals surface area contributed by atoms with Crippen LogP contribution in [0.5, 0.6) is 0 Å². The lowest BCUT2D eigenvalue weighted by Gasteiger charge is -2.35. The van der Waals surface area contributed by atoms with E-state index < -0.39 is 0 Å². The molecule has 0 aromatic carbocycles. The minimum absolute atomic E-state index is 0.0774. The molecule has 3 saturated heterocycles. The summed E-state index contributed by atoms with van der Waals surface area (Å²) in [5.74, 6) is 1.07. The van der Waals surface area contributed by atoms with E-state index in [1.54, 1.807) is 0 Å². The van der Waals surface area contributed by atoms with Gasteiger partial charge in [-0.05, 0) is 44.7 Å². The zero-order chi connectivity index (χ0) is 14.5. The Bertz CT molecular complexity index is 330. The molecule has 0 bridgehead atoms. The molecule has 1 unspecified atom stereocenters. The maximum atomic E-state index is 12.3. The van der Waals surface area contributed by atoms with E-state index in [1.165, 1.54) is 45.3 Å². The molecular formula is C16H29N3O2. The predicted molar refractivity (Wildman–Crippen MR) is 82.2 cm³/mol. The molecule has 120 valence electrons. The molecule has 0 aromatic rings. The summed E-state index contributed by atoms with van der Waals surface area (Å²) in [6.07, 6.45) is 5.70. The van der Waals surface area contributed by atoms with Gasteiger partial charge in [-0.15, -0.1) is 0 Å². The van der Waals surface area contributed by atoms with Crippen molar-refractivity contribution in [3.63, 3.8) is 0 Å². The molecule has 3 fully saturated rings. The molecule has 21 heavy (non-hydrogen) atoms. The van der Waals surface area contributed by atoms with Crippen molar-refractivity contribution < 1.29 is 9.53 Å². The molecular weight excluding hydrogens is 266 g/mol. The second-order valence-electron chi connectivity index (χ2n) is 6.73. The highest BCUT2D eigenvalue weighted by Crippen LogP contribution is 2.21. The Morgan fingerprint density at radius 2 is 1.90 bits per heavy atom. The molecule has 0 aromatic heterocycles. The van der Waals surface area contributed by atoms with E-state index in [-0.39, 0.29) is 12.0 Å². The first-order valence-electron chi connectivity index (χ1n) is 8.64.